The summed E-state index contributed by atoms with van der Waals surface area (Å²) >= 11 is 3.44. The van der Waals surface area contributed by atoms with Crippen molar-refractivity contribution in [2.24, 2.45) is 7.05 Å². The van der Waals surface area contributed by atoms with Gasteiger partial charge in [-0.2, -0.15) is 0 Å². The van der Waals surface area contributed by atoms with Crippen LogP contribution in [0.2, 0.25) is 0 Å². The van der Waals surface area contributed by atoms with E-state index in [1.54, 1.807) is 11.6 Å². The van der Waals surface area contributed by atoms with Crippen LogP contribution in [0, 0.1) is 0 Å². The molecule has 1 atom stereocenters. The van der Waals surface area contributed by atoms with Crippen LogP contribution >= 0.6 is 15.9 Å². The molecule has 0 saturated heterocycles. The molecule has 0 unspecified atom stereocenters. The summed E-state index contributed by atoms with van der Waals surface area (Å²) in [5, 5.41) is 8.17. The first-order valence-corrected chi connectivity index (χ1v) is 7.43. The number of carbonyl (C=O) groups is 1. The minimum atomic E-state index is -0.548. The van der Waals surface area contributed by atoms with Gasteiger partial charge in [-0.1, -0.05) is 15.9 Å². The highest BCUT2D eigenvalue weighted by Gasteiger charge is 2.27. The number of nitrogens with zero attached hydrogens (tertiary/aromatic N) is 2. The molecule has 6 heteroatoms. The van der Waals surface area contributed by atoms with E-state index in [-0.39, 0.29) is 5.91 Å². The lowest BCUT2D eigenvalue weighted by atomic mass is 10.2. The fourth-order valence-corrected chi connectivity index (χ4v) is 2.42. The smallest absolute Gasteiger partial charge is 0.261 e. The molecule has 1 fully saturated rings. The van der Waals surface area contributed by atoms with Crippen LogP contribution in [-0.2, 0) is 11.8 Å². The predicted octanol–water partition coefficient (Wildman–Crippen LogP) is 2.38. The number of carbonyl (C=O) groups excluding carboxylic acids is 1. The number of hydrogen-bond donors (Lipinski definition) is 1. The Morgan fingerprint density at radius 2 is 2.30 bits per heavy atom. The van der Waals surface area contributed by atoms with Crippen molar-refractivity contribution < 1.29 is 9.53 Å². The topological polar surface area (TPSA) is 56.2 Å². The second-order valence-electron chi connectivity index (χ2n) is 5.13. The Kier molecular flexibility index (Phi) is 3.41. The fourth-order valence-electron chi connectivity index (χ4n) is 2.06. The predicted molar refractivity (Wildman–Crippen MR) is 79.7 cm³/mol. The second-order valence-corrected chi connectivity index (χ2v) is 6.05. The number of hydrogen-bond acceptors (Lipinski definition) is 3. The first-order chi connectivity index (χ1) is 9.54. The molecule has 2 aromatic rings. The molecule has 1 aliphatic rings. The summed E-state index contributed by atoms with van der Waals surface area (Å²) in [4.78, 5) is 11.9. The Balaban J connectivity index is 1.82. The number of aromatic nitrogens is 2. The average molecular weight is 338 g/mol. The number of fused-ring (bicyclic) bond motifs is 1. The van der Waals surface area contributed by atoms with E-state index in [0.29, 0.717) is 11.9 Å². The van der Waals surface area contributed by atoms with Crippen molar-refractivity contribution in [1.29, 1.82) is 0 Å². The number of benzene rings is 1. The van der Waals surface area contributed by atoms with Gasteiger partial charge in [0, 0.05) is 17.6 Å². The van der Waals surface area contributed by atoms with Crippen molar-refractivity contribution in [1.82, 2.24) is 15.1 Å². The van der Waals surface area contributed by atoms with E-state index in [4.69, 9.17) is 4.74 Å². The third-order valence-corrected chi connectivity index (χ3v) is 3.85. The molecule has 0 radical (unpaired) electrons. The lowest BCUT2D eigenvalue weighted by Crippen LogP contribution is -2.37. The highest BCUT2D eigenvalue weighted by atomic mass is 79.9. The number of ether oxygens (including phenoxy) is 1. The van der Waals surface area contributed by atoms with Crippen LogP contribution in [-0.4, -0.2) is 27.8 Å². The van der Waals surface area contributed by atoms with E-state index in [2.05, 4.69) is 26.3 Å². The molecular weight excluding hydrogens is 322 g/mol. The first kappa shape index (κ1) is 13.4. The summed E-state index contributed by atoms with van der Waals surface area (Å²) in [6.45, 7) is 1.75. The Morgan fingerprint density at radius 1 is 1.55 bits per heavy atom. The Morgan fingerprint density at radius 3 is 3.00 bits per heavy atom. The highest BCUT2D eigenvalue weighted by molar-refractivity contribution is 9.10. The first-order valence-electron chi connectivity index (χ1n) is 6.64. The van der Waals surface area contributed by atoms with Crippen LogP contribution in [0.5, 0.6) is 5.88 Å². The van der Waals surface area contributed by atoms with Gasteiger partial charge in [-0.3, -0.25) is 9.48 Å². The molecule has 5 nitrogen and oxygen atoms in total. The van der Waals surface area contributed by atoms with E-state index in [1.807, 2.05) is 25.2 Å². The van der Waals surface area contributed by atoms with Crippen molar-refractivity contribution in [2.75, 3.05) is 0 Å². The van der Waals surface area contributed by atoms with Gasteiger partial charge in [0.05, 0.1) is 10.9 Å². The van der Waals surface area contributed by atoms with Gasteiger partial charge in [0.25, 0.3) is 5.91 Å². The van der Waals surface area contributed by atoms with Gasteiger partial charge in [0.1, 0.15) is 0 Å². The van der Waals surface area contributed by atoms with Gasteiger partial charge in [-0.05, 0) is 38.0 Å². The number of aryl methyl sites for hydroxylation is 1. The zero-order valence-corrected chi connectivity index (χ0v) is 13.0. The van der Waals surface area contributed by atoms with Crippen LogP contribution in [0.15, 0.2) is 22.7 Å². The van der Waals surface area contributed by atoms with Crippen molar-refractivity contribution >= 4 is 32.7 Å². The maximum absolute atomic E-state index is 11.9. The van der Waals surface area contributed by atoms with Crippen molar-refractivity contribution in [3.05, 3.63) is 22.7 Å². The SMILES string of the molecule is C[C@@H](Oc1nn(C)c2ccc(Br)cc12)C(=O)NC1CC1. The van der Waals surface area contributed by atoms with E-state index in [9.17, 15) is 4.79 Å². The van der Waals surface area contributed by atoms with Crippen molar-refractivity contribution in [3.63, 3.8) is 0 Å². The van der Waals surface area contributed by atoms with Crippen LogP contribution in [0.3, 0.4) is 0 Å². The summed E-state index contributed by atoms with van der Waals surface area (Å²) in [5.41, 5.74) is 0.970. The summed E-state index contributed by atoms with van der Waals surface area (Å²) in [6.07, 6.45) is 1.59. The third-order valence-electron chi connectivity index (χ3n) is 3.36. The Bertz CT molecular complexity index is 664. The molecule has 20 heavy (non-hydrogen) atoms. The summed E-state index contributed by atoms with van der Waals surface area (Å²) < 4.78 is 8.44. The molecule has 1 aliphatic carbocycles. The molecule has 1 amide bonds. The molecule has 1 saturated carbocycles. The van der Waals surface area contributed by atoms with E-state index in [0.717, 1.165) is 28.2 Å². The van der Waals surface area contributed by atoms with Gasteiger partial charge in [0.2, 0.25) is 5.88 Å². The van der Waals surface area contributed by atoms with Crippen LogP contribution < -0.4 is 10.1 Å². The largest absolute Gasteiger partial charge is 0.463 e. The van der Waals surface area contributed by atoms with Gasteiger partial charge in [0.15, 0.2) is 6.10 Å². The van der Waals surface area contributed by atoms with E-state index < -0.39 is 6.10 Å². The van der Waals surface area contributed by atoms with Crippen LogP contribution in [0.4, 0.5) is 0 Å². The number of rotatable bonds is 4. The maximum atomic E-state index is 11.9. The molecular formula is C14H16BrN3O2. The van der Waals surface area contributed by atoms with E-state index >= 15 is 0 Å². The minimum absolute atomic E-state index is 0.0821. The van der Waals surface area contributed by atoms with Gasteiger partial charge < -0.3 is 10.1 Å². The Labute approximate surface area is 125 Å². The number of halogens is 1. The molecule has 1 heterocycles. The van der Waals surface area contributed by atoms with Gasteiger partial charge in [-0.25, -0.2) is 0 Å². The molecule has 1 aromatic carbocycles. The number of nitrogens with one attached hydrogen (secondary N) is 1. The summed E-state index contributed by atoms with van der Waals surface area (Å²) in [7, 11) is 1.86. The normalized spacial score (nSPS) is 16.1. The molecule has 1 aromatic heterocycles. The third kappa shape index (κ3) is 2.65. The molecule has 0 spiro atoms. The molecule has 0 bridgehead atoms. The molecule has 1 N–H and O–H groups in total. The molecule has 0 aliphatic heterocycles. The standard InChI is InChI=1S/C14H16BrN3O2/c1-8(13(19)16-10-4-5-10)20-14-11-7-9(15)3-6-12(11)18(2)17-14/h3,6-8,10H,4-5H2,1-2H3,(H,16,19)/t8-/m1/s1. The zero-order chi connectivity index (χ0) is 14.3. The van der Waals surface area contributed by atoms with Crippen molar-refractivity contribution in [2.45, 2.75) is 31.9 Å². The average Bonchev–Trinajstić information content (AvgIpc) is 3.16. The van der Waals surface area contributed by atoms with Gasteiger partial charge >= 0.3 is 0 Å². The van der Waals surface area contributed by atoms with Gasteiger partial charge in [-0.15, -0.1) is 5.10 Å². The lowest BCUT2D eigenvalue weighted by Gasteiger charge is -2.12. The summed E-state index contributed by atoms with van der Waals surface area (Å²) in [6, 6.07) is 6.21. The Hall–Kier alpha value is -1.56. The summed E-state index contributed by atoms with van der Waals surface area (Å²) in [5.74, 6) is 0.406. The molecule has 3 rings (SSSR count). The van der Waals surface area contributed by atoms with Crippen molar-refractivity contribution in [3.8, 4) is 5.88 Å². The van der Waals surface area contributed by atoms with Crippen LogP contribution in [0.1, 0.15) is 19.8 Å². The van der Waals surface area contributed by atoms with Crippen LogP contribution in [0.25, 0.3) is 10.9 Å². The minimum Gasteiger partial charge on any atom is -0.463 e. The maximum Gasteiger partial charge on any atom is 0.261 e. The lowest BCUT2D eigenvalue weighted by molar-refractivity contribution is -0.127. The van der Waals surface area contributed by atoms with E-state index in [1.165, 1.54) is 0 Å². The second kappa shape index (κ2) is 5.09. The fraction of sp³-hybridized carbons (Fsp3) is 0.429. The zero-order valence-electron chi connectivity index (χ0n) is 11.4. The monoisotopic (exact) mass is 337 g/mol. The molecule has 106 valence electrons. The quantitative estimate of drug-likeness (QED) is 0.931. The highest BCUT2D eigenvalue weighted by Crippen LogP contribution is 2.28. The number of amides is 1.